The minimum Gasteiger partial charge on any atom is -0.465 e. The molecule has 0 spiro atoms. The lowest BCUT2D eigenvalue weighted by Crippen LogP contribution is -2.48. The summed E-state index contributed by atoms with van der Waals surface area (Å²) in [5, 5.41) is 12.2. The molecule has 0 aromatic carbocycles. The molecule has 5 nitrogen and oxygen atoms in total. The van der Waals surface area contributed by atoms with Crippen LogP contribution in [0, 0.1) is 16.7 Å². The average Bonchev–Trinajstić information content (AvgIpc) is 2.64. The number of likely N-dealkylation sites (tertiary alicyclic amines) is 1. The maximum absolute atomic E-state index is 12.3. The molecule has 0 aromatic heterocycles. The standard InChI is InChI=1S/C11H18N2O3/c1-10(2,3)11-6-12-4-7(11)5-13(8(11)14)9(15)16/h7,12H,4-6H2,1-3H3,(H,15,16). The van der Waals surface area contributed by atoms with Gasteiger partial charge in [0, 0.05) is 25.6 Å². The molecule has 2 rings (SSSR count). The van der Waals surface area contributed by atoms with Gasteiger partial charge in [-0.1, -0.05) is 20.8 Å². The minimum absolute atomic E-state index is 0.107. The molecule has 2 unspecified atom stereocenters. The van der Waals surface area contributed by atoms with E-state index in [1.165, 1.54) is 0 Å². The van der Waals surface area contributed by atoms with Gasteiger partial charge in [-0.15, -0.1) is 0 Å². The third kappa shape index (κ3) is 1.21. The van der Waals surface area contributed by atoms with Crippen LogP contribution < -0.4 is 5.32 Å². The molecule has 2 heterocycles. The molecule has 2 atom stereocenters. The van der Waals surface area contributed by atoms with E-state index in [-0.39, 0.29) is 17.2 Å². The Balaban J connectivity index is 2.42. The van der Waals surface area contributed by atoms with E-state index in [9.17, 15) is 9.59 Å². The first-order valence-electron chi connectivity index (χ1n) is 5.56. The molecule has 2 fully saturated rings. The monoisotopic (exact) mass is 226 g/mol. The Morgan fingerprint density at radius 3 is 2.62 bits per heavy atom. The number of nitrogens with one attached hydrogen (secondary N) is 1. The van der Waals surface area contributed by atoms with Crippen molar-refractivity contribution in [2.24, 2.45) is 16.7 Å². The zero-order valence-corrected chi connectivity index (χ0v) is 9.91. The number of carbonyl (C=O) groups is 2. The third-order valence-electron chi connectivity index (χ3n) is 4.09. The fraction of sp³-hybridized carbons (Fsp3) is 0.818. The van der Waals surface area contributed by atoms with E-state index in [4.69, 9.17) is 5.11 Å². The van der Waals surface area contributed by atoms with Crippen molar-refractivity contribution in [3.05, 3.63) is 0 Å². The van der Waals surface area contributed by atoms with Crippen LogP contribution in [0.15, 0.2) is 0 Å². The summed E-state index contributed by atoms with van der Waals surface area (Å²) in [6.07, 6.45) is -1.12. The summed E-state index contributed by atoms with van der Waals surface area (Å²) >= 11 is 0. The number of carboxylic acid groups (broad SMARTS) is 1. The van der Waals surface area contributed by atoms with Crippen LogP contribution >= 0.6 is 0 Å². The number of amides is 2. The summed E-state index contributed by atoms with van der Waals surface area (Å²) in [4.78, 5) is 24.3. The van der Waals surface area contributed by atoms with Crippen molar-refractivity contribution in [2.45, 2.75) is 20.8 Å². The van der Waals surface area contributed by atoms with Gasteiger partial charge in [-0.25, -0.2) is 9.69 Å². The smallest absolute Gasteiger partial charge is 0.414 e. The summed E-state index contributed by atoms with van der Waals surface area (Å²) in [6.45, 7) is 7.68. The number of imide groups is 1. The van der Waals surface area contributed by atoms with Gasteiger partial charge in [-0.2, -0.15) is 0 Å². The van der Waals surface area contributed by atoms with Crippen LogP contribution in [0.2, 0.25) is 0 Å². The van der Waals surface area contributed by atoms with E-state index in [0.29, 0.717) is 13.1 Å². The second-order valence-corrected chi connectivity index (χ2v) is 5.75. The number of hydrogen-bond acceptors (Lipinski definition) is 3. The van der Waals surface area contributed by atoms with Gasteiger partial charge in [0.25, 0.3) is 0 Å². The van der Waals surface area contributed by atoms with Gasteiger partial charge in [0.2, 0.25) is 5.91 Å². The van der Waals surface area contributed by atoms with E-state index >= 15 is 0 Å². The Hall–Kier alpha value is -1.10. The Morgan fingerprint density at radius 1 is 1.56 bits per heavy atom. The molecule has 0 saturated carbocycles. The fourth-order valence-corrected chi connectivity index (χ4v) is 3.14. The molecule has 5 heteroatoms. The normalized spacial score (nSPS) is 34.3. The van der Waals surface area contributed by atoms with Crippen LogP contribution in [-0.2, 0) is 4.79 Å². The predicted molar refractivity (Wildman–Crippen MR) is 58.0 cm³/mol. The highest BCUT2D eigenvalue weighted by Crippen LogP contribution is 2.52. The third-order valence-corrected chi connectivity index (χ3v) is 4.09. The molecular formula is C11H18N2O3. The molecule has 2 aliphatic rings. The van der Waals surface area contributed by atoms with Gasteiger partial charge in [-0.05, 0) is 5.41 Å². The average molecular weight is 226 g/mol. The number of nitrogens with zero attached hydrogens (tertiary/aromatic N) is 1. The fourth-order valence-electron chi connectivity index (χ4n) is 3.14. The van der Waals surface area contributed by atoms with E-state index in [1.54, 1.807) is 0 Å². The molecule has 0 bridgehead atoms. The summed E-state index contributed by atoms with van der Waals surface area (Å²) in [7, 11) is 0. The van der Waals surface area contributed by atoms with E-state index < -0.39 is 11.5 Å². The molecule has 2 N–H and O–H groups in total. The Morgan fingerprint density at radius 2 is 2.19 bits per heavy atom. The van der Waals surface area contributed by atoms with Crippen LogP contribution in [0.4, 0.5) is 4.79 Å². The van der Waals surface area contributed by atoms with E-state index in [0.717, 1.165) is 11.4 Å². The highest BCUT2D eigenvalue weighted by Gasteiger charge is 2.63. The quantitative estimate of drug-likeness (QED) is 0.639. The van der Waals surface area contributed by atoms with Crippen molar-refractivity contribution in [3.63, 3.8) is 0 Å². The molecule has 0 radical (unpaired) electrons. The molecule has 2 saturated heterocycles. The highest BCUT2D eigenvalue weighted by atomic mass is 16.4. The van der Waals surface area contributed by atoms with Gasteiger partial charge < -0.3 is 10.4 Å². The maximum atomic E-state index is 12.3. The Kier molecular flexibility index (Phi) is 2.28. The minimum atomic E-state index is -1.12. The zero-order chi connectivity index (χ0) is 12.1. The molecular weight excluding hydrogens is 208 g/mol. The van der Waals surface area contributed by atoms with Crippen LogP contribution in [0.3, 0.4) is 0 Å². The first kappa shape index (κ1) is 11.4. The van der Waals surface area contributed by atoms with Gasteiger partial charge in [0.05, 0.1) is 5.41 Å². The van der Waals surface area contributed by atoms with Crippen molar-refractivity contribution in [1.82, 2.24) is 10.2 Å². The maximum Gasteiger partial charge on any atom is 0.414 e. The summed E-state index contributed by atoms with van der Waals surface area (Å²) < 4.78 is 0. The first-order chi connectivity index (χ1) is 7.30. The van der Waals surface area contributed by atoms with Gasteiger partial charge in [0.1, 0.15) is 0 Å². The van der Waals surface area contributed by atoms with E-state index in [1.807, 2.05) is 20.8 Å². The van der Waals surface area contributed by atoms with Crippen molar-refractivity contribution in [3.8, 4) is 0 Å². The van der Waals surface area contributed by atoms with Crippen LogP contribution in [0.1, 0.15) is 20.8 Å². The van der Waals surface area contributed by atoms with Gasteiger partial charge >= 0.3 is 6.09 Å². The topological polar surface area (TPSA) is 69.6 Å². The lowest BCUT2D eigenvalue weighted by molar-refractivity contribution is -0.139. The number of rotatable bonds is 0. The van der Waals surface area contributed by atoms with Crippen molar-refractivity contribution < 1.29 is 14.7 Å². The summed E-state index contributed by atoms with van der Waals surface area (Å²) in [6, 6.07) is 0. The Labute approximate surface area is 94.8 Å². The summed E-state index contributed by atoms with van der Waals surface area (Å²) in [5.41, 5.74) is -0.770. The van der Waals surface area contributed by atoms with Crippen LogP contribution in [-0.4, -0.2) is 41.6 Å². The molecule has 16 heavy (non-hydrogen) atoms. The number of carbonyl (C=O) groups excluding carboxylic acids is 1. The predicted octanol–water partition coefficient (Wildman–Crippen LogP) is 0.758. The van der Waals surface area contributed by atoms with Gasteiger partial charge in [0.15, 0.2) is 0 Å². The van der Waals surface area contributed by atoms with Crippen molar-refractivity contribution in [1.29, 1.82) is 0 Å². The van der Waals surface area contributed by atoms with Crippen molar-refractivity contribution >= 4 is 12.0 Å². The van der Waals surface area contributed by atoms with Crippen LogP contribution in [0.25, 0.3) is 0 Å². The lowest BCUT2D eigenvalue weighted by Gasteiger charge is -2.39. The summed E-state index contributed by atoms with van der Waals surface area (Å²) in [5.74, 6) is -0.126. The second kappa shape index (κ2) is 3.20. The van der Waals surface area contributed by atoms with Gasteiger partial charge in [-0.3, -0.25) is 4.79 Å². The first-order valence-corrected chi connectivity index (χ1v) is 5.56. The largest absolute Gasteiger partial charge is 0.465 e. The molecule has 2 aliphatic heterocycles. The Bertz CT molecular complexity index is 348. The zero-order valence-electron chi connectivity index (χ0n) is 9.91. The lowest BCUT2D eigenvalue weighted by atomic mass is 9.62. The second-order valence-electron chi connectivity index (χ2n) is 5.75. The number of fused-ring (bicyclic) bond motifs is 1. The van der Waals surface area contributed by atoms with E-state index in [2.05, 4.69) is 5.32 Å². The molecule has 0 aliphatic carbocycles. The van der Waals surface area contributed by atoms with Crippen molar-refractivity contribution in [2.75, 3.05) is 19.6 Å². The SMILES string of the molecule is CC(C)(C)C12CNCC1CN(C(=O)O)C2=O. The van der Waals surface area contributed by atoms with Crippen LogP contribution in [0.5, 0.6) is 0 Å². The molecule has 2 amide bonds. The number of hydrogen-bond donors (Lipinski definition) is 2. The molecule has 0 aromatic rings. The highest BCUT2D eigenvalue weighted by molar-refractivity contribution is 5.98. The molecule has 90 valence electrons.